The smallest absolute Gasteiger partial charge is 0.341 e. The molecule has 0 amide bonds. The number of benzene rings is 2. The highest BCUT2D eigenvalue weighted by molar-refractivity contribution is 5.68. The third-order valence-electron chi connectivity index (χ3n) is 3.38. The van der Waals surface area contributed by atoms with Gasteiger partial charge in [-0.25, -0.2) is 4.79 Å². The summed E-state index contributed by atoms with van der Waals surface area (Å²) in [4.78, 5) is 10.5. The Morgan fingerprint density at radius 1 is 1.09 bits per heavy atom. The Kier molecular flexibility index (Phi) is 5.46. The van der Waals surface area contributed by atoms with Crippen LogP contribution in [0.3, 0.4) is 0 Å². The summed E-state index contributed by atoms with van der Waals surface area (Å²) in [5.41, 5.74) is 1.68. The fraction of sp³-hybridized carbons (Fsp3) is 0.222. The Morgan fingerprint density at radius 2 is 1.74 bits per heavy atom. The Labute approximate surface area is 135 Å². The number of carboxylic acid groups (broad SMARTS) is 1. The molecule has 0 fully saturated rings. The zero-order valence-electron chi connectivity index (χ0n) is 13.0. The molecule has 0 aliphatic rings. The molecule has 2 aromatic rings. The quantitative estimate of drug-likeness (QED) is 0.851. The van der Waals surface area contributed by atoms with Gasteiger partial charge in [0.25, 0.3) is 0 Å². The molecule has 2 rings (SSSR count). The maximum absolute atomic E-state index is 10.5. The Hall–Kier alpha value is -2.69. The standard InChI is InChI=1S/C18H18O5/c1-12(16-9-8-15(21-2)10-17(16)22-3)13-4-6-14(7-5-13)23-11-18(19)20/h1,4-10,12H,11H2,2-3H3,(H,19,20). The zero-order chi connectivity index (χ0) is 16.8. The maximum Gasteiger partial charge on any atom is 0.341 e. The lowest BCUT2D eigenvalue weighted by Crippen LogP contribution is -2.09. The first kappa shape index (κ1) is 16.7. The molecule has 120 valence electrons. The van der Waals surface area contributed by atoms with Gasteiger partial charge in [0.15, 0.2) is 6.61 Å². The van der Waals surface area contributed by atoms with E-state index in [2.05, 4.69) is 0 Å². The fourth-order valence-corrected chi connectivity index (χ4v) is 2.17. The van der Waals surface area contributed by atoms with Crippen molar-refractivity contribution in [3.8, 4) is 17.2 Å². The normalized spacial score (nSPS) is 11.6. The van der Waals surface area contributed by atoms with Gasteiger partial charge in [0.05, 0.1) is 14.2 Å². The van der Waals surface area contributed by atoms with E-state index in [1.54, 1.807) is 44.6 Å². The van der Waals surface area contributed by atoms with Gasteiger partial charge >= 0.3 is 5.97 Å². The van der Waals surface area contributed by atoms with E-state index in [9.17, 15) is 4.79 Å². The number of carbonyl (C=O) groups is 1. The van der Waals surface area contributed by atoms with Crippen LogP contribution < -0.4 is 14.2 Å². The molecule has 0 bridgehead atoms. The van der Waals surface area contributed by atoms with Gasteiger partial charge in [0, 0.05) is 17.5 Å². The average molecular weight is 314 g/mol. The monoisotopic (exact) mass is 314 g/mol. The molecule has 5 heteroatoms. The van der Waals surface area contributed by atoms with Crippen molar-refractivity contribution in [3.63, 3.8) is 0 Å². The van der Waals surface area contributed by atoms with E-state index in [0.717, 1.165) is 11.1 Å². The number of carboxylic acids is 1. The highest BCUT2D eigenvalue weighted by Crippen LogP contribution is 2.34. The van der Waals surface area contributed by atoms with Crippen LogP contribution in [0, 0.1) is 6.92 Å². The highest BCUT2D eigenvalue weighted by Gasteiger charge is 2.15. The molecule has 0 saturated carbocycles. The van der Waals surface area contributed by atoms with Crippen LogP contribution >= 0.6 is 0 Å². The second-order valence-corrected chi connectivity index (χ2v) is 4.84. The zero-order valence-corrected chi connectivity index (χ0v) is 13.0. The molecule has 0 heterocycles. The molecule has 23 heavy (non-hydrogen) atoms. The second-order valence-electron chi connectivity index (χ2n) is 4.84. The Bertz CT molecular complexity index is 664. The SMILES string of the molecule is [CH]C(c1ccc(OCC(=O)O)cc1)c1ccc(OC)cc1OC. The lowest BCUT2D eigenvalue weighted by atomic mass is 9.92. The predicted octanol–water partition coefficient (Wildman–Crippen LogP) is 3.01. The number of methoxy groups -OCH3 is 2. The first-order valence-corrected chi connectivity index (χ1v) is 6.97. The van der Waals surface area contributed by atoms with E-state index in [4.69, 9.17) is 26.2 Å². The van der Waals surface area contributed by atoms with Crippen LogP contribution in [0.25, 0.3) is 0 Å². The summed E-state index contributed by atoms with van der Waals surface area (Å²) in [5, 5.41) is 8.60. The Balaban J connectivity index is 2.19. The third-order valence-corrected chi connectivity index (χ3v) is 3.38. The number of rotatable bonds is 7. The van der Waals surface area contributed by atoms with Crippen molar-refractivity contribution in [1.29, 1.82) is 0 Å². The Morgan fingerprint density at radius 3 is 2.30 bits per heavy atom. The summed E-state index contributed by atoms with van der Waals surface area (Å²) in [6.45, 7) is 5.92. The fourth-order valence-electron chi connectivity index (χ4n) is 2.17. The van der Waals surface area contributed by atoms with E-state index in [1.807, 2.05) is 12.1 Å². The molecule has 0 aromatic heterocycles. The summed E-state index contributed by atoms with van der Waals surface area (Å²) >= 11 is 0. The summed E-state index contributed by atoms with van der Waals surface area (Å²) < 4.78 is 15.6. The van der Waals surface area contributed by atoms with Crippen LogP contribution in [-0.2, 0) is 4.79 Å². The van der Waals surface area contributed by atoms with Gasteiger partial charge in [-0.15, -0.1) is 0 Å². The van der Waals surface area contributed by atoms with Crippen molar-refractivity contribution in [2.45, 2.75) is 5.92 Å². The second kappa shape index (κ2) is 7.54. The third kappa shape index (κ3) is 4.16. The first-order chi connectivity index (χ1) is 11.0. The van der Waals surface area contributed by atoms with Gasteiger partial charge in [-0.2, -0.15) is 0 Å². The van der Waals surface area contributed by atoms with E-state index in [0.29, 0.717) is 17.2 Å². The largest absolute Gasteiger partial charge is 0.497 e. The lowest BCUT2D eigenvalue weighted by molar-refractivity contribution is -0.139. The minimum absolute atomic E-state index is 0.377. The number of ether oxygens (including phenoxy) is 3. The van der Waals surface area contributed by atoms with Crippen molar-refractivity contribution in [1.82, 2.24) is 0 Å². The van der Waals surface area contributed by atoms with Gasteiger partial charge in [-0.05, 0) is 30.7 Å². The minimum atomic E-state index is -1.02. The number of hydrogen-bond acceptors (Lipinski definition) is 4. The van der Waals surface area contributed by atoms with E-state index >= 15 is 0 Å². The molecule has 1 N–H and O–H groups in total. The molecule has 1 unspecified atom stereocenters. The molecular weight excluding hydrogens is 296 g/mol. The molecule has 0 spiro atoms. The van der Waals surface area contributed by atoms with Gasteiger partial charge in [0.2, 0.25) is 0 Å². The molecule has 1 atom stereocenters. The summed E-state index contributed by atoms with van der Waals surface area (Å²) in [6.07, 6.45) is 0. The highest BCUT2D eigenvalue weighted by atomic mass is 16.5. The molecule has 2 aromatic carbocycles. The van der Waals surface area contributed by atoms with Crippen molar-refractivity contribution in [2.75, 3.05) is 20.8 Å². The number of aliphatic carboxylic acids is 1. The van der Waals surface area contributed by atoms with Crippen LogP contribution in [0.1, 0.15) is 17.0 Å². The van der Waals surface area contributed by atoms with Gasteiger partial charge < -0.3 is 19.3 Å². The van der Waals surface area contributed by atoms with Gasteiger partial charge in [-0.3, -0.25) is 0 Å². The van der Waals surface area contributed by atoms with E-state index < -0.39 is 5.97 Å². The van der Waals surface area contributed by atoms with Crippen LogP contribution in [0.5, 0.6) is 17.2 Å². The number of hydrogen-bond donors (Lipinski definition) is 1. The van der Waals surface area contributed by atoms with Gasteiger partial charge in [0.1, 0.15) is 17.2 Å². The molecule has 2 radical (unpaired) electrons. The molecule has 0 aliphatic carbocycles. The lowest BCUT2D eigenvalue weighted by Gasteiger charge is -2.17. The van der Waals surface area contributed by atoms with Crippen LogP contribution in [0.15, 0.2) is 42.5 Å². The summed E-state index contributed by atoms with van der Waals surface area (Å²) in [5.74, 6) is 0.404. The van der Waals surface area contributed by atoms with Crippen LogP contribution in [0.2, 0.25) is 0 Å². The molecule has 5 nitrogen and oxygen atoms in total. The van der Waals surface area contributed by atoms with E-state index in [1.165, 1.54) is 0 Å². The van der Waals surface area contributed by atoms with Crippen molar-refractivity contribution >= 4 is 5.97 Å². The van der Waals surface area contributed by atoms with Gasteiger partial charge in [-0.1, -0.05) is 18.2 Å². The first-order valence-electron chi connectivity index (χ1n) is 6.97. The molecule has 0 saturated heterocycles. The molecule has 0 aliphatic heterocycles. The van der Waals surface area contributed by atoms with Crippen molar-refractivity contribution < 1.29 is 24.1 Å². The summed E-state index contributed by atoms with van der Waals surface area (Å²) in [7, 11) is 3.16. The van der Waals surface area contributed by atoms with Crippen LogP contribution in [0.4, 0.5) is 0 Å². The minimum Gasteiger partial charge on any atom is -0.497 e. The summed E-state index contributed by atoms with van der Waals surface area (Å²) in [6, 6.07) is 12.4. The average Bonchev–Trinajstić information content (AvgIpc) is 2.59. The topological polar surface area (TPSA) is 65.0 Å². The van der Waals surface area contributed by atoms with Crippen molar-refractivity contribution in [2.24, 2.45) is 0 Å². The van der Waals surface area contributed by atoms with Crippen molar-refractivity contribution in [3.05, 3.63) is 60.5 Å². The van der Waals surface area contributed by atoms with E-state index in [-0.39, 0.29) is 12.5 Å². The predicted molar refractivity (Wildman–Crippen MR) is 85.3 cm³/mol. The maximum atomic E-state index is 10.5. The van der Waals surface area contributed by atoms with Crippen LogP contribution in [-0.4, -0.2) is 31.9 Å². The molecular formula is C18H18O5.